The fourth-order valence-electron chi connectivity index (χ4n) is 1.88. The number of fused-ring (bicyclic) bond motifs is 1. The number of hydrogen-bond donors (Lipinski definition) is 1. The molecule has 6 heteroatoms. The Morgan fingerprint density at radius 2 is 2.10 bits per heavy atom. The Morgan fingerprint density at radius 1 is 1.29 bits per heavy atom. The van der Waals surface area contributed by atoms with E-state index in [1.54, 1.807) is 0 Å². The second-order valence-electron chi connectivity index (χ2n) is 4.31. The highest BCUT2D eigenvalue weighted by molar-refractivity contribution is 7.98. The zero-order valence-corrected chi connectivity index (χ0v) is 11.6. The molecule has 1 aromatic heterocycles. The summed E-state index contributed by atoms with van der Waals surface area (Å²) in [7, 11) is 0. The quantitative estimate of drug-likeness (QED) is 0.739. The van der Waals surface area contributed by atoms with E-state index in [1.165, 1.54) is 23.9 Å². The van der Waals surface area contributed by atoms with Crippen LogP contribution < -0.4 is 0 Å². The number of aromatic nitrogens is 1. The molecule has 0 amide bonds. The van der Waals surface area contributed by atoms with Crippen molar-refractivity contribution in [1.82, 2.24) is 4.98 Å². The molecule has 21 heavy (non-hydrogen) atoms. The molecule has 0 aliphatic rings. The van der Waals surface area contributed by atoms with Gasteiger partial charge in [0.15, 0.2) is 5.58 Å². The van der Waals surface area contributed by atoms with Crippen LogP contribution in [-0.4, -0.2) is 16.1 Å². The summed E-state index contributed by atoms with van der Waals surface area (Å²) in [5.74, 6) is -1.03. The highest BCUT2D eigenvalue weighted by atomic mass is 32.2. The lowest BCUT2D eigenvalue weighted by Crippen LogP contribution is -2.00. The normalized spacial score (nSPS) is 10.9. The molecule has 2 aromatic carbocycles. The van der Waals surface area contributed by atoms with E-state index in [1.807, 2.05) is 24.3 Å². The number of carboxylic acids is 1. The van der Waals surface area contributed by atoms with E-state index in [4.69, 9.17) is 9.52 Å². The summed E-state index contributed by atoms with van der Waals surface area (Å²) in [5, 5.41) is 8.89. The van der Waals surface area contributed by atoms with Gasteiger partial charge in [-0.1, -0.05) is 12.1 Å². The molecule has 3 rings (SSSR count). The van der Waals surface area contributed by atoms with Gasteiger partial charge in [0.1, 0.15) is 11.3 Å². The summed E-state index contributed by atoms with van der Waals surface area (Å²) in [6, 6.07) is 11.4. The fraction of sp³-hybridized carbons (Fsp3) is 0.0667. The third-order valence-corrected chi connectivity index (χ3v) is 3.85. The van der Waals surface area contributed by atoms with E-state index in [9.17, 15) is 9.18 Å². The molecule has 0 saturated carbocycles. The van der Waals surface area contributed by atoms with E-state index in [0.717, 1.165) is 11.6 Å². The average molecular weight is 303 g/mol. The average Bonchev–Trinajstić information content (AvgIpc) is 2.89. The van der Waals surface area contributed by atoms with Gasteiger partial charge in [-0.25, -0.2) is 14.2 Å². The Balaban J connectivity index is 1.78. The molecule has 3 aromatic rings. The largest absolute Gasteiger partial charge is 0.478 e. The summed E-state index contributed by atoms with van der Waals surface area (Å²) in [4.78, 5) is 15.9. The topological polar surface area (TPSA) is 63.3 Å². The van der Waals surface area contributed by atoms with E-state index in [-0.39, 0.29) is 5.56 Å². The van der Waals surface area contributed by atoms with Gasteiger partial charge in [-0.3, -0.25) is 0 Å². The van der Waals surface area contributed by atoms with E-state index in [0.29, 0.717) is 22.1 Å². The van der Waals surface area contributed by atoms with Gasteiger partial charge >= 0.3 is 5.97 Å². The molecule has 0 atom stereocenters. The summed E-state index contributed by atoms with van der Waals surface area (Å²) in [6.45, 7) is 0. The van der Waals surface area contributed by atoms with Gasteiger partial charge in [0, 0.05) is 4.90 Å². The first-order valence-electron chi connectivity index (χ1n) is 6.13. The van der Waals surface area contributed by atoms with Crippen LogP contribution in [0.25, 0.3) is 11.1 Å². The van der Waals surface area contributed by atoms with Crippen molar-refractivity contribution in [2.45, 2.75) is 10.6 Å². The molecular weight excluding hydrogens is 293 g/mol. The second-order valence-corrected chi connectivity index (χ2v) is 5.36. The first-order chi connectivity index (χ1) is 10.1. The Morgan fingerprint density at radius 3 is 2.86 bits per heavy atom. The Bertz CT molecular complexity index is 783. The first-order valence-corrected chi connectivity index (χ1v) is 7.12. The fourth-order valence-corrected chi connectivity index (χ4v) is 2.66. The zero-order valence-electron chi connectivity index (χ0n) is 10.7. The maximum Gasteiger partial charge on any atom is 0.338 e. The number of carboxylic acid groups (broad SMARTS) is 1. The van der Waals surface area contributed by atoms with Crippen molar-refractivity contribution in [3.8, 4) is 0 Å². The van der Waals surface area contributed by atoms with Crippen LogP contribution in [0.2, 0.25) is 0 Å². The van der Waals surface area contributed by atoms with Gasteiger partial charge in [0.25, 0.3) is 0 Å². The molecule has 4 nitrogen and oxygen atoms in total. The Kier molecular flexibility index (Phi) is 3.62. The summed E-state index contributed by atoms with van der Waals surface area (Å²) < 4.78 is 18.9. The van der Waals surface area contributed by atoms with E-state index < -0.39 is 11.8 Å². The SMILES string of the molecule is O=C(O)c1cc(SCc2nc3ccccc3o2)ccc1F. The number of aromatic carboxylic acids is 1. The highest BCUT2D eigenvalue weighted by Gasteiger charge is 2.12. The highest BCUT2D eigenvalue weighted by Crippen LogP contribution is 2.26. The third-order valence-electron chi connectivity index (χ3n) is 2.87. The minimum Gasteiger partial charge on any atom is -0.478 e. The summed E-state index contributed by atoms with van der Waals surface area (Å²) in [6.07, 6.45) is 0. The van der Waals surface area contributed by atoms with Gasteiger partial charge in [0.05, 0.1) is 11.3 Å². The van der Waals surface area contributed by atoms with Crippen LogP contribution in [0.3, 0.4) is 0 Å². The molecule has 0 aliphatic heterocycles. The Hall–Kier alpha value is -2.34. The van der Waals surface area contributed by atoms with Crippen molar-refractivity contribution in [2.75, 3.05) is 0 Å². The molecule has 0 radical (unpaired) electrons. The van der Waals surface area contributed by atoms with Crippen molar-refractivity contribution < 1.29 is 18.7 Å². The zero-order chi connectivity index (χ0) is 14.8. The maximum absolute atomic E-state index is 13.3. The van der Waals surface area contributed by atoms with Crippen molar-refractivity contribution in [3.63, 3.8) is 0 Å². The number of oxazole rings is 1. The number of hydrogen-bond acceptors (Lipinski definition) is 4. The predicted octanol–water partition coefficient (Wildman–Crippen LogP) is 3.96. The van der Waals surface area contributed by atoms with Gasteiger partial charge in [-0.2, -0.15) is 0 Å². The first kappa shape index (κ1) is 13.6. The number of thioether (sulfide) groups is 1. The minimum atomic E-state index is -1.28. The smallest absolute Gasteiger partial charge is 0.338 e. The molecule has 0 fully saturated rings. The van der Waals surface area contributed by atoms with Crippen LogP contribution in [0.4, 0.5) is 4.39 Å². The molecule has 1 heterocycles. The minimum absolute atomic E-state index is 0.336. The van der Waals surface area contributed by atoms with Gasteiger partial charge in [-0.05, 0) is 30.3 Å². The Labute approximate surface area is 123 Å². The summed E-state index contributed by atoms with van der Waals surface area (Å²) >= 11 is 1.34. The second kappa shape index (κ2) is 5.57. The van der Waals surface area contributed by atoms with Crippen molar-refractivity contribution in [1.29, 1.82) is 0 Å². The molecular formula is C15H10FNO3S. The van der Waals surface area contributed by atoms with Gasteiger partial charge < -0.3 is 9.52 Å². The van der Waals surface area contributed by atoms with Gasteiger partial charge in [-0.15, -0.1) is 11.8 Å². The number of rotatable bonds is 4. The lowest BCUT2D eigenvalue weighted by molar-refractivity contribution is 0.0691. The number of para-hydroxylation sites is 2. The molecule has 0 aliphatic carbocycles. The molecule has 0 spiro atoms. The predicted molar refractivity (Wildman–Crippen MR) is 76.9 cm³/mol. The lowest BCUT2D eigenvalue weighted by Gasteiger charge is -2.02. The molecule has 0 bridgehead atoms. The molecule has 106 valence electrons. The molecule has 0 unspecified atom stereocenters. The molecule has 0 saturated heterocycles. The maximum atomic E-state index is 13.3. The number of carbonyl (C=O) groups is 1. The number of benzene rings is 2. The van der Waals surface area contributed by atoms with Crippen LogP contribution in [-0.2, 0) is 5.75 Å². The van der Waals surface area contributed by atoms with E-state index >= 15 is 0 Å². The van der Waals surface area contributed by atoms with Crippen molar-refractivity contribution in [2.24, 2.45) is 0 Å². The van der Waals surface area contributed by atoms with Crippen molar-refractivity contribution >= 4 is 28.8 Å². The van der Waals surface area contributed by atoms with Crippen LogP contribution in [0.5, 0.6) is 0 Å². The number of nitrogens with zero attached hydrogens (tertiary/aromatic N) is 1. The lowest BCUT2D eigenvalue weighted by atomic mass is 10.2. The number of halogens is 1. The van der Waals surface area contributed by atoms with Crippen molar-refractivity contribution in [3.05, 3.63) is 59.7 Å². The van der Waals surface area contributed by atoms with Crippen LogP contribution in [0, 0.1) is 5.82 Å². The van der Waals surface area contributed by atoms with Gasteiger partial charge in [0.2, 0.25) is 5.89 Å². The molecule has 1 N–H and O–H groups in total. The third kappa shape index (κ3) is 2.90. The van der Waals surface area contributed by atoms with Crippen LogP contribution in [0.1, 0.15) is 16.2 Å². The summed E-state index contributed by atoms with van der Waals surface area (Å²) in [5.41, 5.74) is 1.15. The van der Waals surface area contributed by atoms with Crippen LogP contribution in [0.15, 0.2) is 51.8 Å². The van der Waals surface area contributed by atoms with Crippen LogP contribution >= 0.6 is 11.8 Å². The standard InChI is InChI=1S/C15H10FNO3S/c16-11-6-5-9(7-10(11)15(18)19)21-8-14-17-12-3-1-2-4-13(12)20-14/h1-7H,8H2,(H,18,19). The van der Waals surface area contributed by atoms with E-state index in [2.05, 4.69) is 4.98 Å². The monoisotopic (exact) mass is 303 g/mol.